The molecule has 0 heterocycles. The number of aryl methyl sites for hydroxylation is 2. The van der Waals surface area contributed by atoms with E-state index >= 15 is 0 Å². The molecule has 0 saturated carbocycles. The summed E-state index contributed by atoms with van der Waals surface area (Å²) in [6, 6.07) is 11.1. The Hall–Kier alpha value is -3.36. The van der Waals surface area contributed by atoms with Gasteiger partial charge in [0.2, 0.25) is 11.8 Å². The molecule has 0 spiro atoms. The third-order valence-corrected chi connectivity index (χ3v) is 8.20. The summed E-state index contributed by atoms with van der Waals surface area (Å²) in [5.74, 6) is 1.05. The summed E-state index contributed by atoms with van der Waals surface area (Å²) in [4.78, 5) is 24.2. The fraction of sp³-hybridized carbons (Fsp3) is 0.273. The van der Waals surface area contributed by atoms with E-state index in [1.807, 2.05) is 44.2 Å². The predicted octanol–water partition coefficient (Wildman–Crippen LogP) is 8.50. The Morgan fingerprint density at radius 2 is 1.16 bits per heavy atom. The van der Waals surface area contributed by atoms with Crippen molar-refractivity contribution in [1.82, 2.24) is 10.6 Å². The van der Waals surface area contributed by atoms with Crippen molar-refractivity contribution in [3.8, 4) is 17.2 Å². The van der Waals surface area contributed by atoms with Gasteiger partial charge in [0.15, 0.2) is 11.5 Å². The number of allylic oxidation sites excluding steroid dienone is 2. The highest BCUT2D eigenvalue weighted by Gasteiger charge is 2.19. The van der Waals surface area contributed by atoms with Gasteiger partial charge in [-0.3, -0.25) is 9.59 Å². The van der Waals surface area contributed by atoms with Gasteiger partial charge >= 0.3 is 0 Å². The molecule has 0 aliphatic rings. The zero-order valence-electron chi connectivity index (χ0n) is 25.9. The van der Waals surface area contributed by atoms with Crippen LogP contribution in [0.3, 0.4) is 0 Å². The van der Waals surface area contributed by atoms with E-state index in [1.165, 1.54) is 19.3 Å². The van der Waals surface area contributed by atoms with Gasteiger partial charge in [-0.2, -0.15) is 0 Å². The molecule has 0 aromatic heterocycles. The van der Waals surface area contributed by atoms with Gasteiger partial charge in [0.25, 0.3) is 0 Å². The number of hydrogen-bond donors (Lipinski definition) is 2. The van der Waals surface area contributed by atoms with E-state index in [4.69, 9.17) is 60.6 Å². The van der Waals surface area contributed by atoms with Gasteiger partial charge in [0.05, 0.1) is 41.4 Å². The average Bonchev–Trinajstić information content (AvgIpc) is 3.00. The van der Waals surface area contributed by atoms with Gasteiger partial charge in [-0.15, -0.1) is 0 Å². The standard InChI is InChI=1S/C24H26Cl2N2O4.C9H10Cl2O/c1-14(10-20(29)27-3)18-12-19(23(26)24(32-5)22(18)25)15(2)11-21(30)28-13-16-6-8-17(31-4)9-7-16;1-5-4-6(2)8(11)9(12-3)7(5)10/h6-12H,13H2,1-5H3,(H,27,29)(H,28,30);4H,1-3H3/b14-10-,15-11-;. The zero-order valence-corrected chi connectivity index (χ0v) is 28.9. The van der Waals surface area contributed by atoms with Crippen molar-refractivity contribution in [2.75, 3.05) is 28.4 Å². The molecule has 3 aromatic carbocycles. The van der Waals surface area contributed by atoms with Crippen LogP contribution in [-0.2, 0) is 16.1 Å². The minimum absolute atomic E-state index is 0.265. The normalized spacial score (nSPS) is 11.3. The minimum atomic E-state index is -0.275. The number of ether oxygens (including phenoxy) is 3. The molecule has 0 radical (unpaired) electrons. The van der Waals surface area contributed by atoms with Crippen LogP contribution >= 0.6 is 46.4 Å². The van der Waals surface area contributed by atoms with Crippen LogP contribution in [0.5, 0.6) is 17.2 Å². The van der Waals surface area contributed by atoms with E-state index in [-0.39, 0.29) is 27.6 Å². The maximum absolute atomic E-state index is 12.5. The van der Waals surface area contributed by atoms with Crippen molar-refractivity contribution in [2.45, 2.75) is 34.2 Å². The molecule has 0 aliphatic heterocycles. The molecule has 2 amide bonds. The van der Waals surface area contributed by atoms with E-state index in [0.29, 0.717) is 44.6 Å². The Morgan fingerprint density at radius 3 is 1.59 bits per heavy atom. The van der Waals surface area contributed by atoms with Crippen LogP contribution in [0.2, 0.25) is 20.1 Å². The van der Waals surface area contributed by atoms with Crippen molar-refractivity contribution < 1.29 is 23.8 Å². The van der Waals surface area contributed by atoms with Crippen LogP contribution in [0.15, 0.2) is 48.6 Å². The third kappa shape index (κ3) is 9.57. The van der Waals surface area contributed by atoms with Crippen molar-refractivity contribution in [2.24, 2.45) is 0 Å². The SMILES string of the molecule is CNC(=O)/C=C(/C)c1cc(/C(C)=C\C(=O)NCc2ccc(OC)cc2)c(Cl)c(OC)c1Cl.COc1c(Cl)c(C)cc(C)c1Cl. The molecule has 2 N–H and O–H groups in total. The number of benzene rings is 3. The van der Waals surface area contributed by atoms with E-state index in [0.717, 1.165) is 22.4 Å². The lowest BCUT2D eigenvalue weighted by molar-refractivity contribution is -0.117. The summed E-state index contributed by atoms with van der Waals surface area (Å²) in [5, 5.41) is 7.13. The average molecular weight is 682 g/mol. The van der Waals surface area contributed by atoms with E-state index < -0.39 is 0 Å². The number of rotatable bonds is 9. The van der Waals surface area contributed by atoms with Gasteiger partial charge in [-0.25, -0.2) is 0 Å². The first-order chi connectivity index (χ1) is 20.8. The molecule has 0 unspecified atom stereocenters. The fourth-order valence-corrected chi connectivity index (χ4v) is 5.35. The Balaban J connectivity index is 0.000000469. The Labute approximate surface area is 279 Å². The predicted molar refractivity (Wildman–Crippen MR) is 182 cm³/mol. The zero-order chi connectivity index (χ0) is 33.1. The van der Waals surface area contributed by atoms with Crippen LogP contribution in [0.25, 0.3) is 11.1 Å². The van der Waals surface area contributed by atoms with E-state index in [1.54, 1.807) is 41.2 Å². The van der Waals surface area contributed by atoms with Crippen molar-refractivity contribution >= 4 is 69.4 Å². The topological polar surface area (TPSA) is 85.9 Å². The number of nitrogens with one attached hydrogen (secondary N) is 2. The molecular weight excluding hydrogens is 646 g/mol. The smallest absolute Gasteiger partial charge is 0.244 e. The molecule has 0 saturated heterocycles. The number of amides is 2. The van der Waals surface area contributed by atoms with Gasteiger partial charge in [-0.1, -0.05) is 64.6 Å². The van der Waals surface area contributed by atoms with Crippen molar-refractivity contribution in [3.63, 3.8) is 0 Å². The molecule has 0 bridgehead atoms. The monoisotopic (exact) mass is 680 g/mol. The number of carbonyl (C=O) groups excluding carboxylic acids is 2. The summed E-state index contributed by atoms with van der Waals surface area (Å²) < 4.78 is 15.6. The highest BCUT2D eigenvalue weighted by Crippen LogP contribution is 2.43. The number of likely N-dealkylation sites (N-methyl/N-ethyl adjacent to an activating group) is 1. The Bertz CT molecular complexity index is 1540. The van der Waals surface area contributed by atoms with Crippen LogP contribution in [0, 0.1) is 13.8 Å². The lowest BCUT2D eigenvalue weighted by Crippen LogP contribution is -2.20. The fourth-order valence-electron chi connectivity index (χ4n) is 4.05. The second-order valence-corrected chi connectivity index (χ2v) is 11.2. The number of carbonyl (C=O) groups is 2. The van der Waals surface area contributed by atoms with Crippen molar-refractivity contribution in [1.29, 1.82) is 0 Å². The quantitative estimate of drug-likeness (QED) is 0.221. The molecule has 236 valence electrons. The Morgan fingerprint density at radius 1 is 0.705 bits per heavy atom. The Kier molecular flexibility index (Phi) is 14.4. The van der Waals surface area contributed by atoms with Crippen molar-refractivity contribution in [3.05, 3.63) is 96.5 Å². The van der Waals surface area contributed by atoms with Gasteiger partial charge in [0.1, 0.15) is 5.75 Å². The second-order valence-electron chi connectivity index (χ2n) is 9.64. The molecule has 0 aliphatic carbocycles. The van der Waals surface area contributed by atoms with E-state index in [2.05, 4.69) is 10.6 Å². The summed E-state index contributed by atoms with van der Waals surface area (Å²) >= 11 is 24.9. The molecule has 7 nitrogen and oxygen atoms in total. The van der Waals surface area contributed by atoms with Gasteiger partial charge in [0, 0.05) is 36.9 Å². The first kappa shape index (κ1) is 36.8. The second kappa shape index (κ2) is 17.2. The summed E-state index contributed by atoms with van der Waals surface area (Å²) in [7, 11) is 6.16. The lowest BCUT2D eigenvalue weighted by atomic mass is 9.98. The first-order valence-corrected chi connectivity index (χ1v) is 14.9. The molecule has 44 heavy (non-hydrogen) atoms. The number of halogens is 4. The molecule has 3 aromatic rings. The molecule has 11 heteroatoms. The van der Waals surface area contributed by atoms with Gasteiger partial charge < -0.3 is 24.8 Å². The number of hydrogen-bond acceptors (Lipinski definition) is 5. The molecule has 0 fully saturated rings. The molecule has 3 rings (SSSR count). The van der Waals surface area contributed by atoms with Crippen LogP contribution in [-0.4, -0.2) is 40.2 Å². The number of methoxy groups -OCH3 is 3. The lowest BCUT2D eigenvalue weighted by Gasteiger charge is -2.16. The minimum Gasteiger partial charge on any atom is -0.497 e. The van der Waals surface area contributed by atoms with Gasteiger partial charge in [-0.05, 0) is 73.7 Å². The first-order valence-electron chi connectivity index (χ1n) is 13.3. The third-order valence-electron chi connectivity index (χ3n) is 6.51. The highest BCUT2D eigenvalue weighted by molar-refractivity contribution is 6.39. The largest absolute Gasteiger partial charge is 0.497 e. The summed E-state index contributed by atoms with van der Waals surface area (Å²) in [5.41, 5.74) is 5.30. The summed E-state index contributed by atoms with van der Waals surface area (Å²) in [6.07, 6.45) is 2.89. The molecule has 0 atom stereocenters. The van der Waals surface area contributed by atoms with Crippen LogP contribution < -0.4 is 24.8 Å². The van der Waals surface area contributed by atoms with E-state index in [9.17, 15) is 9.59 Å². The maximum atomic E-state index is 12.5. The molecular formula is C33H36Cl4N2O5. The van der Waals surface area contributed by atoms with Crippen LogP contribution in [0.1, 0.15) is 41.7 Å². The maximum Gasteiger partial charge on any atom is 0.244 e. The van der Waals surface area contributed by atoms with Crippen LogP contribution in [0.4, 0.5) is 0 Å². The highest BCUT2D eigenvalue weighted by atomic mass is 35.5. The summed E-state index contributed by atoms with van der Waals surface area (Å²) in [6.45, 7) is 7.74.